The van der Waals surface area contributed by atoms with Crippen LogP contribution in [0.15, 0.2) is 59.8 Å². The van der Waals surface area contributed by atoms with Gasteiger partial charge in [0.25, 0.3) is 5.91 Å². The molecule has 0 atom stereocenters. The van der Waals surface area contributed by atoms with Crippen LogP contribution in [0.4, 0.5) is 5.69 Å². The van der Waals surface area contributed by atoms with Gasteiger partial charge in [-0.25, -0.2) is 4.79 Å². The van der Waals surface area contributed by atoms with Crippen molar-refractivity contribution in [2.75, 3.05) is 38.7 Å². The molecule has 32 heavy (non-hydrogen) atoms. The molecule has 2 aromatic rings. The number of hydrogen-bond donors (Lipinski definition) is 2. The predicted octanol–water partition coefficient (Wildman–Crippen LogP) is 3.60. The van der Waals surface area contributed by atoms with Crippen LogP contribution in [0.1, 0.15) is 26.2 Å². The normalized spacial score (nSPS) is 13.5. The Balaban J connectivity index is 1.96. The Morgan fingerprint density at radius 1 is 1.12 bits per heavy atom. The van der Waals surface area contributed by atoms with Gasteiger partial charge < -0.3 is 24.8 Å². The number of aliphatic hydroxyl groups is 1. The molecule has 170 valence electrons. The number of hydrogen-bond acceptors (Lipinski definition) is 6. The molecule has 0 bridgehead atoms. The average molecular weight is 439 g/mol. The molecule has 0 radical (unpaired) electrons. The lowest BCUT2D eigenvalue weighted by Crippen LogP contribution is -2.31. The minimum absolute atomic E-state index is 0.0828. The summed E-state index contributed by atoms with van der Waals surface area (Å²) in [4.78, 5) is 26.7. The van der Waals surface area contributed by atoms with Gasteiger partial charge in [0, 0.05) is 6.54 Å². The largest absolute Gasteiger partial charge is 0.491 e. The molecule has 1 heterocycles. The van der Waals surface area contributed by atoms with E-state index in [0.717, 1.165) is 30.4 Å². The Bertz CT molecular complexity index is 972. The first kappa shape index (κ1) is 23.3. The SMILES string of the molecule is CCCCCOc1ccc(-c2ccccc2)cc1NC1=C(C(=O)OC)CN(CCO)C1=O. The molecule has 1 aliphatic rings. The van der Waals surface area contributed by atoms with Gasteiger partial charge in [0.05, 0.1) is 38.1 Å². The van der Waals surface area contributed by atoms with Crippen molar-refractivity contribution in [3.05, 3.63) is 59.8 Å². The quantitative estimate of drug-likeness (QED) is 0.412. The molecule has 0 saturated carbocycles. The van der Waals surface area contributed by atoms with Crippen LogP contribution >= 0.6 is 0 Å². The van der Waals surface area contributed by atoms with Gasteiger partial charge in [-0.1, -0.05) is 56.2 Å². The molecular weight excluding hydrogens is 408 g/mol. The molecule has 3 rings (SSSR count). The van der Waals surface area contributed by atoms with Crippen molar-refractivity contribution in [1.29, 1.82) is 0 Å². The van der Waals surface area contributed by atoms with Gasteiger partial charge in [-0.15, -0.1) is 0 Å². The van der Waals surface area contributed by atoms with Crippen molar-refractivity contribution in [2.45, 2.75) is 26.2 Å². The molecule has 0 saturated heterocycles. The fourth-order valence-electron chi connectivity index (χ4n) is 3.58. The van der Waals surface area contributed by atoms with E-state index in [-0.39, 0.29) is 36.9 Å². The van der Waals surface area contributed by atoms with Crippen LogP contribution in [0.2, 0.25) is 0 Å². The van der Waals surface area contributed by atoms with Crippen molar-refractivity contribution in [3.8, 4) is 16.9 Å². The molecule has 2 aromatic carbocycles. The standard InChI is InChI=1S/C25H30N2O5/c1-3-4-8-15-32-22-12-11-19(18-9-6-5-7-10-18)16-21(22)26-23-20(25(30)31-2)17-27(13-14-28)24(23)29/h5-7,9-12,16,26,28H,3-4,8,13-15,17H2,1-2H3. The van der Waals surface area contributed by atoms with Crippen LogP contribution in [-0.2, 0) is 14.3 Å². The highest BCUT2D eigenvalue weighted by atomic mass is 16.5. The molecule has 0 spiro atoms. The molecule has 7 nitrogen and oxygen atoms in total. The van der Waals surface area contributed by atoms with Crippen LogP contribution in [0.5, 0.6) is 5.75 Å². The minimum atomic E-state index is -0.578. The van der Waals surface area contributed by atoms with Crippen LogP contribution in [-0.4, -0.2) is 55.3 Å². The van der Waals surface area contributed by atoms with E-state index < -0.39 is 5.97 Å². The third kappa shape index (κ3) is 5.48. The number of benzene rings is 2. The number of rotatable bonds is 11. The van der Waals surface area contributed by atoms with Gasteiger partial charge in [-0.3, -0.25) is 4.79 Å². The molecule has 0 aromatic heterocycles. The van der Waals surface area contributed by atoms with Crippen molar-refractivity contribution in [1.82, 2.24) is 4.90 Å². The topological polar surface area (TPSA) is 88.1 Å². The molecule has 1 aliphatic heterocycles. The zero-order chi connectivity index (χ0) is 22.9. The Morgan fingerprint density at radius 2 is 1.91 bits per heavy atom. The van der Waals surface area contributed by atoms with Gasteiger partial charge in [-0.05, 0) is 29.7 Å². The number of anilines is 1. The molecule has 0 unspecified atom stereocenters. The average Bonchev–Trinajstić information content (AvgIpc) is 3.13. The summed E-state index contributed by atoms with van der Waals surface area (Å²) in [7, 11) is 1.28. The lowest BCUT2D eigenvalue weighted by atomic mass is 10.0. The second-order valence-corrected chi connectivity index (χ2v) is 7.55. The third-order valence-corrected chi connectivity index (χ3v) is 5.31. The first-order chi connectivity index (χ1) is 15.6. The fourth-order valence-corrected chi connectivity index (χ4v) is 3.58. The number of nitrogens with one attached hydrogen (secondary N) is 1. The number of esters is 1. The summed E-state index contributed by atoms with van der Waals surface area (Å²) in [5.41, 5.74) is 2.95. The van der Waals surface area contributed by atoms with E-state index >= 15 is 0 Å². The maximum absolute atomic E-state index is 12.9. The number of carbonyl (C=O) groups excluding carboxylic acids is 2. The number of ether oxygens (including phenoxy) is 2. The Hall–Kier alpha value is -3.32. The summed E-state index contributed by atoms with van der Waals surface area (Å²) in [6, 6.07) is 15.6. The number of β-amino-alcohol motifs (C(OH)–C–C–N with tert-alkyl or cyclic N) is 1. The lowest BCUT2D eigenvalue weighted by molar-refractivity contribution is -0.136. The number of amides is 1. The molecule has 7 heteroatoms. The number of aliphatic hydroxyl groups excluding tert-OH is 1. The van der Waals surface area contributed by atoms with E-state index in [1.807, 2.05) is 48.5 Å². The summed E-state index contributed by atoms with van der Waals surface area (Å²) in [6.45, 7) is 2.71. The van der Waals surface area contributed by atoms with Crippen LogP contribution in [0.3, 0.4) is 0 Å². The van der Waals surface area contributed by atoms with Crippen molar-refractivity contribution >= 4 is 17.6 Å². The Labute approximate surface area is 188 Å². The number of carbonyl (C=O) groups is 2. The number of methoxy groups -OCH3 is 1. The summed E-state index contributed by atoms with van der Waals surface area (Å²) in [5.74, 6) is -0.335. The summed E-state index contributed by atoms with van der Waals surface area (Å²) >= 11 is 0. The summed E-state index contributed by atoms with van der Waals surface area (Å²) < 4.78 is 10.9. The first-order valence-electron chi connectivity index (χ1n) is 10.9. The van der Waals surface area contributed by atoms with Gasteiger partial charge in [0.15, 0.2) is 0 Å². The van der Waals surface area contributed by atoms with E-state index in [4.69, 9.17) is 9.47 Å². The van der Waals surface area contributed by atoms with Gasteiger partial charge >= 0.3 is 5.97 Å². The second-order valence-electron chi connectivity index (χ2n) is 7.55. The predicted molar refractivity (Wildman–Crippen MR) is 123 cm³/mol. The highest BCUT2D eigenvalue weighted by Gasteiger charge is 2.34. The maximum Gasteiger partial charge on any atom is 0.337 e. The monoisotopic (exact) mass is 438 g/mol. The molecule has 0 aliphatic carbocycles. The highest BCUT2D eigenvalue weighted by molar-refractivity contribution is 6.08. The Morgan fingerprint density at radius 3 is 2.59 bits per heavy atom. The lowest BCUT2D eigenvalue weighted by Gasteiger charge is -2.17. The van der Waals surface area contributed by atoms with E-state index in [1.165, 1.54) is 12.0 Å². The number of nitrogens with zero attached hydrogens (tertiary/aromatic N) is 1. The zero-order valence-electron chi connectivity index (χ0n) is 18.6. The zero-order valence-corrected chi connectivity index (χ0v) is 18.6. The van der Waals surface area contributed by atoms with Crippen molar-refractivity contribution < 1.29 is 24.2 Å². The van der Waals surface area contributed by atoms with Gasteiger partial charge in [-0.2, -0.15) is 0 Å². The molecule has 1 amide bonds. The van der Waals surface area contributed by atoms with Crippen molar-refractivity contribution in [2.24, 2.45) is 0 Å². The van der Waals surface area contributed by atoms with E-state index in [2.05, 4.69) is 12.2 Å². The maximum atomic E-state index is 12.9. The first-order valence-corrected chi connectivity index (χ1v) is 10.9. The minimum Gasteiger partial charge on any atom is -0.491 e. The van der Waals surface area contributed by atoms with Crippen molar-refractivity contribution in [3.63, 3.8) is 0 Å². The van der Waals surface area contributed by atoms with Crippen LogP contribution in [0, 0.1) is 0 Å². The van der Waals surface area contributed by atoms with E-state index in [1.54, 1.807) is 0 Å². The molecule has 0 fully saturated rings. The van der Waals surface area contributed by atoms with Crippen LogP contribution < -0.4 is 10.1 Å². The Kier molecular flexibility index (Phi) is 8.27. The fraction of sp³-hybridized carbons (Fsp3) is 0.360. The van der Waals surface area contributed by atoms with E-state index in [9.17, 15) is 14.7 Å². The van der Waals surface area contributed by atoms with Gasteiger partial charge in [0.2, 0.25) is 0 Å². The highest BCUT2D eigenvalue weighted by Crippen LogP contribution is 2.33. The second kappa shape index (κ2) is 11.3. The van der Waals surface area contributed by atoms with Gasteiger partial charge in [0.1, 0.15) is 11.4 Å². The smallest absolute Gasteiger partial charge is 0.337 e. The van der Waals surface area contributed by atoms with Crippen LogP contribution in [0.25, 0.3) is 11.1 Å². The third-order valence-electron chi connectivity index (χ3n) is 5.31. The van der Waals surface area contributed by atoms with E-state index in [0.29, 0.717) is 18.0 Å². The summed E-state index contributed by atoms with van der Waals surface area (Å²) in [6.07, 6.45) is 3.08. The number of unbranched alkanes of at least 4 members (excludes halogenated alkanes) is 2. The summed E-state index contributed by atoms with van der Waals surface area (Å²) in [5, 5.41) is 12.4. The molecule has 2 N–H and O–H groups in total. The molecular formula is C25H30N2O5.